The molecule has 0 radical (unpaired) electrons. The number of nitrogens with zero attached hydrogens (tertiary/aromatic N) is 1. The third-order valence-electron chi connectivity index (χ3n) is 6.88. The van der Waals surface area contributed by atoms with Crippen molar-refractivity contribution in [2.24, 2.45) is 5.92 Å². The molecule has 0 saturated carbocycles. The summed E-state index contributed by atoms with van der Waals surface area (Å²) in [6, 6.07) is -0.327. The number of carbonyl (C=O) groups is 1. The van der Waals surface area contributed by atoms with Crippen molar-refractivity contribution in [2.75, 3.05) is 13.1 Å². The highest BCUT2D eigenvalue weighted by molar-refractivity contribution is 5.73. The molecule has 1 N–H and O–H groups in total. The van der Waals surface area contributed by atoms with Crippen LogP contribution in [-0.2, 0) is 4.79 Å². The minimum atomic E-state index is -0.640. The molecule has 0 saturated heterocycles. The van der Waals surface area contributed by atoms with Gasteiger partial charge in [-0.2, -0.15) is 0 Å². The Morgan fingerprint density at radius 2 is 0.844 bits per heavy atom. The Kier molecular flexibility index (Phi) is 23.2. The van der Waals surface area contributed by atoms with Crippen molar-refractivity contribution in [2.45, 2.75) is 162 Å². The SMILES string of the molecule is CCCCCCCCCCCCCCN(CCCCCCCCCC)[C@H](C(=O)O)C(C)C. The van der Waals surface area contributed by atoms with Gasteiger partial charge in [0.1, 0.15) is 6.04 Å². The van der Waals surface area contributed by atoms with E-state index in [1.165, 1.54) is 116 Å². The number of carboxylic acids is 1. The van der Waals surface area contributed by atoms with Gasteiger partial charge in [-0.1, -0.05) is 143 Å². The Morgan fingerprint density at radius 3 is 1.09 bits per heavy atom. The molecule has 32 heavy (non-hydrogen) atoms. The molecule has 0 aliphatic heterocycles. The predicted molar refractivity (Wildman–Crippen MR) is 142 cm³/mol. The molecule has 0 aromatic carbocycles. The Bertz CT molecular complexity index is 397. The average Bonchev–Trinajstić information content (AvgIpc) is 2.75. The van der Waals surface area contributed by atoms with Crippen molar-refractivity contribution < 1.29 is 9.90 Å². The van der Waals surface area contributed by atoms with Crippen LogP contribution in [0.1, 0.15) is 156 Å². The Morgan fingerprint density at radius 1 is 0.562 bits per heavy atom. The molecule has 0 spiro atoms. The molecule has 3 nitrogen and oxygen atoms in total. The molecule has 0 bridgehead atoms. The maximum Gasteiger partial charge on any atom is 0.321 e. The number of hydrogen-bond donors (Lipinski definition) is 1. The van der Waals surface area contributed by atoms with Gasteiger partial charge in [0.2, 0.25) is 0 Å². The standard InChI is InChI=1S/C29H59NO2/c1-5-7-9-11-13-15-16-17-18-20-22-24-26-30(28(27(3)4)29(31)32)25-23-21-19-14-12-10-8-6-2/h27-28H,5-26H2,1-4H3,(H,31,32)/t28-/m0/s1. The summed E-state index contributed by atoms with van der Waals surface area (Å²) in [4.78, 5) is 14.2. The Labute approximate surface area is 202 Å². The van der Waals surface area contributed by atoms with Crippen LogP contribution in [0.3, 0.4) is 0 Å². The summed E-state index contributed by atoms with van der Waals surface area (Å²) >= 11 is 0. The van der Waals surface area contributed by atoms with Gasteiger partial charge < -0.3 is 5.11 Å². The van der Waals surface area contributed by atoms with Crippen molar-refractivity contribution >= 4 is 5.97 Å². The summed E-state index contributed by atoms with van der Waals surface area (Å²) < 4.78 is 0. The van der Waals surface area contributed by atoms with E-state index in [0.717, 1.165) is 25.9 Å². The summed E-state index contributed by atoms with van der Waals surface area (Å²) in [7, 11) is 0. The van der Waals surface area contributed by atoms with Crippen LogP contribution >= 0.6 is 0 Å². The van der Waals surface area contributed by atoms with E-state index in [1.807, 2.05) is 0 Å². The molecule has 0 heterocycles. The molecule has 0 fully saturated rings. The quantitative estimate of drug-likeness (QED) is 0.140. The molecule has 0 amide bonds. The maximum atomic E-state index is 11.9. The Hall–Kier alpha value is -0.570. The van der Waals surface area contributed by atoms with E-state index in [4.69, 9.17) is 0 Å². The summed E-state index contributed by atoms with van der Waals surface area (Å²) in [5.74, 6) is -0.475. The number of aliphatic carboxylic acids is 1. The fourth-order valence-corrected chi connectivity index (χ4v) is 4.86. The lowest BCUT2D eigenvalue weighted by Crippen LogP contribution is -2.45. The molecule has 0 aliphatic carbocycles. The van der Waals surface area contributed by atoms with Gasteiger partial charge in [0, 0.05) is 0 Å². The molecule has 0 aromatic rings. The van der Waals surface area contributed by atoms with Crippen LogP contribution in [0.15, 0.2) is 0 Å². The number of carboxylic acid groups (broad SMARTS) is 1. The first-order chi connectivity index (χ1) is 15.5. The highest BCUT2D eigenvalue weighted by Gasteiger charge is 2.27. The highest BCUT2D eigenvalue weighted by Crippen LogP contribution is 2.17. The second-order valence-electron chi connectivity index (χ2n) is 10.4. The number of rotatable bonds is 25. The first-order valence-electron chi connectivity index (χ1n) is 14.5. The van der Waals surface area contributed by atoms with E-state index in [2.05, 4.69) is 32.6 Å². The van der Waals surface area contributed by atoms with E-state index in [9.17, 15) is 9.90 Å². The fraction of sp³-hybridized carbons (Fsp3) is 0.966. The maximum absolute atomic E-state index is 11.9. The van der Waals surface area contributed by atoms with Gasteiger partial charge >= 0.3 is 5.97 Å². The van der Waals surface area contributed by atoms with Crippen LogP contribution in [0.5, 0.6) is 0 Å². The van der Waals surface area contributed by atoms with Crippen LogP contribution in [0, 0.1) is 5.92 Å². The summed E-state index contributed by atoms with van der Waals surface area (Å²) in [5.41, 5.74) is 0. The third kappa shape index (κ3) is 18.9. The van der Waals surface area contributed by atoms with Crippen molar-refractivity contribution in [1.82, 2.24) is 4.90 Å². The zero-order valence-electron chi connectivity index (χ0n) is 22.5. The molecule has 0 unspecified atom stereocenters. The molecule has 1 atom stereocenters. The van der Waals surface area contributed by atoms with E-state index < -0.39 is 5.97 Å². The topological polar surface area (TPSA) is 40.5 Å². The van der Waals surface area contributed by atoms with Gasteiger partial charge in [-0.25, -0.2) is 0 Å². The van der Waals surface area contributed by atoms with E-state index in [0.29, 0.717) is 0 Å². The normalized spacial score (nSPS) is 12.7. The van der Waals surface area contributed by atoms with Gasteiger partial charge in [0.15, 0.2) is 0 Å². The smallest absolute Gasteiger partial charge is 0.321 e. The lowest BCUT2D eigenvalue weighted by atomic mass is 10.0. The molecule has 0 aliphatic rings. The second kappa shape index (κ2) is 23.6. The molecule has 0 aromatic heterocycles. The Balaban J connectivity index is 4.00. The summed E-state index contributed by atoms with van der Waals surface area (Å²) in [6.45, 7) is 10.5. The number of hydrogen-bond acceptors (Lipinski definition) is 2. The zero-order valence-corrected chi connectivity index (χ0v) is 22.5. The van der Waals surface area contributed by atoms with Crippen LogP contribution in [0.25, 0.3) is 0 Å². The second-order valence-corrected chi connectivity index (χ2v) is 10.4. The first kappa shape index (κ1) is 31.4. The van der Waals surface area contributed by atoms with Crippen LogP contribution < -0.4 is 0 Å². The van der Waals surface area contributed by atoms with Crippen LogP contribution in [0.4, 0.5) is 0 Å². The lowest BCUT2D eigenvalue weighted by molar-refractivity contribution is -0.145. The van der Waals surface area contributed by atoms with Crippen LogP contribution in [-0.4, -0.2) is 35.1 Å². The average molecular weight is 454 g/mol. The van der Waals surface area contributed by atoms with Crippen molar-refractivity contribution in [3.8, 4) is 0 Å². The summed E-state index contributed by atoms with van der Waals surface area (Å²) in [6.07, 6.45) is 26.6. The van der Waals surface area contributed by atoms with E-state index in [-0.39, 0.29) is 12.0 Å². The van der Waals surface area contributed by atoms with Gasteiger partial charge in [0.25, 0.3) is 0 Å². The monoisotopic (exact) mass is 453 g/mol. The lowest BCUT2D eigenvalue weighted by Gasteiger charge is -2.31. The first-order valence-corrected chi connectivity index (χ1v) is 14.5. The van der Waals surface area contributed by atoms with Crippen molar-refractivity contribution in [1.29, 1.82) is 0 Å². The third-order valence-corrected chi connectivity index (χ3v) is 6.88. The van der Waals surface area contributed by atoms with Gasteiger partial charge in [-0.15, -0.1) is 0 Å². The van der Waals surface area contributed by atoms with E-state index in [1.54, 1.807) is 0 Å². The zero-order chi connectivity index (χ0) is 23.9. The summed E-state index contributed by atoms with van der Waals surface area (Å²) in [5, 5.41) is 9.79. The largest absolute Gasteiger partial charge is 0.480 e. The van der Waals surface area contributed by atoms with Gasteiger partial charge in [-0.05, 0) is 31.8 Å². The van der Waals surface area contributed by atoms with Gasteiger partial charge in [0.05, 0.1) is 0 Å². The van der Waals surface area contributed by atoms with Crippen LogP contribution in [0.2, 0.25) is 0 Å². The predicted octanol–water partition coefficient (Wildman–Crippen LogP) is 9.24. The van der Waals surface area contributed by atoms with Crippen molar-refractivity contribution in [3.63, 3.8) is 0 Å². The van der Waals surface area contributed by atoms with Crippen molar-refractivity contribution in [3.05, 3.63) is 0 Å². The molecule has 0 rings (SSSR count). The molecule has 3 heteroatoms. The molecule has 192 valence electrons. The van der Waals surface area contributed by atoms with Gasteiger partial charge in [-0.3, -0.25) is 9.69 Å². The molecular formula is C29H59NO2. The van der Waals surface area contributed by atoms with E-state index >= 15 is 0 Å². The number of unbranched alkanes of at least 4 members (excludes halogenated alkanes) is 18. The minimum absolute atomic E-state index is 0.166. The minimum Gasteiger partial charge on any atom is -0.480 e. The fourth-order valence-electron chi connectivity index (χ4n) is 4.86. The molecular weight excluding hydrogens is 394 g/mol. The highest BCUT2D eigenvalue weighted by atomic mass is 16.4.